The molecule has 2 N–H and O–H groups in total. The summed E-state index contributed by atoms with van der Waals surface area (Å²) >= 11 is 0. The van der Waals surface area contributed by atoms with Gasteiger partial charge in [-0.3, -0.25) is 4.79 Å². The van der Waals surface area contributed by atoms with Crippen LogP contribution in [0.15, 0.2) is 42.5 Å². The maximum atomic E-state index is 13.5. The van der Waals surface area contributed by atoms with Crippen LogP contribution in [0.2, 0.25) is 0 Å². The van der Waals surface area contributed by atoms with Crippen molar-refractivity contribution in [3.05, 3.63) is 59.4 Å². The molecule has 2 aromatic rings. The van der Waals surface area contributed by atoms with Gasteiger partial charge in [-0.15, -0.1) is 0 Å². The molecule has 0 atom stereocenters. The molecule has 0 aliphatic heterocycles. The van der Waals surface area contributed by atoms with E-state index in [2.05, 4.69) is 26.1 Å². The van der Waals surface area contributed by atoms with Crippen LogP contribution in [-0.2, 0) is 16.6 Å². The van der Waals surface area contributed by atoms with Gasteiger partial charge < -0.3 is 10.4 Å². The number of hydrogen-bond donors (Lipinski definition) is 2. The maximum Gasteiger partial charge on any atom is 0.224 e. The molecule has 2 rings (SSSR count). The third kappa shape index (κ3) is 4.55. The number of phenolic OH excluding ortho intramolecular Hbond substituents is 1. The van der Waals surface area contributed by atoms with E-state index >= 15 is 0 Å². The molecule has 0 heterocycles. The predicted molar refractivity (Wildman–Crippen MR) is 90.2 cm³/mol. The van der Waals surface area contributed by atoms with Crippen molar-refractivity contribution in [2.75, 3.05) is 5.32 Å². The van der Waals surface area contributed by atoms with Crippen molar-refractivity contribution in [2.24, 2.45) is 0 Å². The molecule has 122 valence electrons. The molecule has 0 fully saturated rings. The van der Waals surface area contributed by atoms with E-state index in [0.717, 1.165) is 5.56 Å². The zero-order valence-corrected chi connectivity index (χ0v) is 13.7. The fourth-order valence-corrected chi connectivity index (χ4v) is 2.26. The van der Waals surface area contributed by atoms with Crippen LogP contribution in [0.5, 0.6) is 5.75 Å². The Morgan fingerprint density at radius 3 is 2.52 bits per heavy atom. The minimum absolute atomic E-state index is 0.0252. The predicted octanol–water partition coefficient (Wildman–Crippen LogP) is 4.40. The zero-order valence-electron chi connectivity index (χ0n) is 13.7. The van der Waals surface area contributed by atoms with Gasteiger partial charge in [-0.05, 0) is 41.2 Å². The minimum Gasteiger partial charge on any atom is -0.506 e. The lowest BCUT2D eigenvalue weighted by atomic mass is 9.87. The van der Waals surface area contributed by atoms with Gasteiger partial charge in [0.1, 0.15) is 11.6 Å². The summed E-state index contributed by atoms with van der Waals surface area (Å²) in [5.74, 6) is -0.537. The number of amides is 1. The Balaban J connectivity index is 2.04. The quantitative estimate of drug-likeness (QED) is 0.822. The highest BCUT2D eigenvalue weighted by atomic mass is 19.1. The Bertz CT molecular complexity index is 705. The second kappa shape index (κ2) is 6.82. The number of phenols is 1. The second-order valence-corrected chi connectivity index (χ2v) is 6.62. The van der Waals surface area contributed by atoms with Gasteiger partial charge in [0, 0.05) is 6.42 Å². The molecular weight excluding hydrogens is 293 g/mol. The van der Waals surface area contributed by atoms with Gasteiger partial charge >= 0.3 is 0 Å². The van der Waals surface area contributed by atoms with E-state index < -0.39 is 0 Å². The van der Waals surface area contributed by atoms with Crippen LogP contribution >= 0.6 is 0 Å². The monoisotopic (exact) mass is 315 g/mol. The maximum absolute atomic E-state index is 13.5. The van der Waals surface area contributed by atoms with Gasteiger partial charge in [0.25, 0.3) is 0 Å². The number of hydrogen-bond acceptors (Lipinski definition) is 2. The molecule has 4 heteroatoms. The van der Waals surface area contributed by atoms with Crippen molar-refractivity contribution in [1.82, 2.24) is 0 Å². The summed E-state index contributed by atoms with van der Waals surface area (Å²) in [6, 6.07) is 11.6. The normalized spacial score (nSPS) is 11.3. The number of benzene rings is 2. The fraction of sp³-hybridized carbons (Fsp3) is 0.316. The van der Waals surface area contributed by atoms with E-state index in [0.29, 0.717) is 17.7 Å². The van der Waals surface area contributed by atoms with Crippen molar-refractivity contribution in [1.29, 1.82) is 0 Å². The Morgan fingerprint density at radius 1 is 1.17 bits per heavy atom. The number of aryl methyl sites for hydroxylation is 1. The van der Waals surface area contributed by atoms with Crippen molar-refractivity contribution in [3.63, 3.8) is 0 Å². The van der Waals surface area contributed by atoms with Crippen LogP contribution < -0.4 is 5.32 Å². The van der Waals surface area contributed by atoms with Gasteiger partial charge in [0.2, 0.25) is 5.91 Å². The largest absolute Gasteiger partial charge is 0.506 e. The smallest absolute Gasteiger partial charge is 0.224 e. The first-order chi connectivity index (χ1) is 10.8. The van der Waals surface area contributed by atoms with Crippen molar-refractivity contribution in [2.45, 2.75) is 39.0 Å². The molecule has 0 aliphatic carbocycles. The molecule has 0 aromatic heterocycles. The first kappa shape index (κ1) is 17.0. The first-order valence-corrected chi connectivity index (χ1v) is 7.64. The second-order valence-electron chi connectivity index (χ2n) is 6.62. The van der Waals surface area contributed by atoms with E-state index in [1.807, 2.05) is 6.07 Å². The van der Waals surface area contributed by atoms with Crippen LogP contribution in [-0.4, -0.2) is 11.0 Å². The van der Waals surface area contributed by atoms with Gasteiger partial charge in [-0.1, -0.05) is 45.0 Å². The molecule has 23 heavy (non-hydrogen) atoms. The third-order valence-corrected chi connectivity index (χ3v) is 3.72. The van der Waals surface area contributed by atoms with Crippen LogP contribution in [0.3, 0.4) is 0 Å². The summed E-state index contributed by atoms with van der Waals surface area (Å²) in [6.45, 7) is 6.18. The number of halogens is 1. The Labute approximate surface area is 136 Å². The van der Waals surface area contributed by atoms with Gasteiger partial charge in [-0.25, -0.2) is 4.39 Å². The molecule has 0 radical (unpaired) electrons. The van der Waals surface area contributed by atoms with Crippen LogP contribution in [0.1, 0.15) is 38.3 Å². The topological polar surface area (TPSA) is 49.3 Å². The number of carbonyl (C=O) groups excluding carboxylic acids is 1. The SMILES string of the molecule is CC(C)(C)c1ccc(O)c(NC(=O)CCc2ccccc2F)c1. The van der Waals surface area contributed by atoms with E-state index in [9.17, 15) is 14.3 Å². The van der Waals surface area contributed by atoms with Crippen LogP contribution in [0.25, 0.3) is 0 Å². The van der Waals surface area contributed by atoms with Gasteiger partial charge in [0.05, 0.1) is 5.69 Å². The zero-order chi connectivity index (χ0) is 17.0. The van der Waals surface area contributed by atoms with Crippen LogP contribution in [0.4, 0.5) is 10.1 Å². The van der Waals surface area contributed by atoms with Crippen molar-refractivity contribution >= 4 is 11.6 Å². The minimum atomic E-state index is -0.308. The first-order valence-electron chi connectivity index (χ1n) is 7.64. The third-order valence-electron chi connectivity index (χ3n) is 3.72. The summed E-state index contributed by atoms with van der Waals surface area (Å²) in [5, 5.41) is 12.6. The van der Waals surface area contributed by atoms with E-state index in [-0.39, 0.29) is 29.3 Å². The summed E-state index contributed by atoms with van der Waals surface area (Å²) in [5.41, 5.74) is 1.83. The Kier molecular flexibility index (Phi) is 5.04. The van der Waals surface area contributed by atoms with E-state index in [4.69, 9.17) is 0 Å². The number of anilines is 1. The lowest BCUT2D eigenvalue weighted by molar-refractivity contribution is -0.116. The molecule has 0 unspecified atom stereocenters. The summed E-state index contributed by atoms with van der Waals surface area (Å²) in [4.78, 5) is 12.1. The lowest BCUT2D eigenvalue weighted by Gasteiger charge is -2.20. The van der Waals surface area contributed by atoms with Crippen LogP contribution in [0, 0.1) is 5.82 Å². The van der Waals surface area contributed by atoms with Gasteiger partial charge in [-0.2, -0.15) is 0 Å². The molecular formula is C19H22FNO2. The van der Waals surface area contributed by atoms with Crippen molar-refractivity contribution < 1.29 is 14.3 Å². The number of nitrogens with one attached hydrogen (secondary N) is 1. The Morgan fingerprint density at radius 2 is 1.87 bits per heavy atom. The standard InChI is InChI=1S/C19H22FNO2/c1-19(2,3)14-9-10-17(22)16(12-14)21-18(23)11-8-13-6-4-5-7-15(13)20/h4-7,9-10,12,22H,8,11H2,1-3H3,(H,21,23). The molecule has 0 saturated carbocycles. The van der Waals surface area contributed by atoms with E-state index in [1.54, 1.807) is 30.3 Å². The highest BCUT2D eigenvalue weighted by Crippen LogP contribution is 2.30. The molecule has 0 saturated heterocycles. The van der Waals surface area contributed by atoms with E-state index in [1.165, 1.54) is 6.07 Å². The number of aromatic hydroxyl groups is 1. The molecule has 0 bridgehead atoms. The number of rotatable bonds is 4. The highest BCUT2D eigenvalue weighted by Gasteiger charge is 2.16. The Hall–Kier alpha value is -2.36. The van der Waals surface area contributed by atoms with Crippen molar-refractivity contribution in [3.8, 4) is 5.75 Å². The average molecular weight is 315 g/mol. The molecule has 0 aliphatic rings. The molecule has 0 spiro atoms. The van der Waals surface area contributed by atoms with Gasteiger partial charge in [0.15, 0.2) is 0 Å². The molecule has 2 aromatic carbocycles. The summed E-state index contributed by atoms with van der Waals surface area (Å²) < 4.78 is 13.5. The average Bonchev–Trinajstić information content (AvgIpc) is 2.47. The summed E-state index contributed by atoms with van der Waals surface area (Å²) in [6.07, 6.45) is 0.471. The highest BCUT2D eigenvalue weighted by molar-refractivity contribution is 5.92. The summed E-state index contributed by atoms with van der Waals surface area (Å²) in [7, 11) is 0. The lowest BCUT2D eigenvalue weighted by Crippen LogP contribution is -2.15. The number of carbonyl (C=O) groups is 1. The molecule has 3 nitrogen and oxygen atoms in total. The fourth-order valence-electron chi connectivity index (χ4n) is 2.26. The molecule has 1 amide bonds.